The lowest BCUT2D eigenvalue weighted by molar-refractivity contribution is -0.118. The monoisotopic (exact) mass is 454 g/mol. The van der Waals surface area contributed by atoms with Crippen LogP contribution in [0.1, 0.15) is 12.5 Å². The SMILES string of the molecule is CC(C=NNC(=O)CSc1nc2ccccc2c(=O)n1-c1ccccc1)=Cc1ccccc1. The number of carbonyl (C=O) groups is 1. The van der Waals surface area contributed by atoms with Gasteiger partial charge in [0, 0.05) is 0 Å². The molecule has 0 atom stereocenters. The zero-order valence-electron chi connectivity index (χ0n) is 18.0. The van der Waals surface area contributed by atoms with Crippen LogP contribution >= 0.6 is 11.8 Å². The van der Waals surface area contributed by atoms with E-state index >= 15 is 0 Å². The fourth-order valence-electron chi connectivity index (χ4n) is 3.23. The number of carbonyl (C=O) groups excluding carboxylic acids is 1. The largest absolute Gasteiger partial charge is 0.272 e. The zero-order chi connectivity index (χ0) is 23.0. The highest BCUT2D eigenvalue weighted by molar-refractivity contribution is 7.99. The number of para-hydroxylation sites is 2. The van der Waals surface area contributed by atoms with E-state index in [0.717, 1.165) is 11.1 Å². The molecule has 4 aromatic rings. The fraction of sp³-hybridized carbons (Fsp3) is 0.0769. The molecule has 0 aliphatic carbocycles. The lowest BCUT2D eigenvalue weighted by atomic mass is 10.1. The Hall–Kier alpha value is -3.97. The van der Waals surface area contributed by atoms with Crippen LogP contribution in [0.3, 0.4) is 0 Å². The summed E-state index contributed by atoms with van der Waals surface area (Å²) in [6.07, 6.45) is 3.58. The number of allylic oxidation sites excluding steroid dienone is 1. The van der Waals surface area contributed by atoms with E-state index in [1.54, 1.807) is 18.3 Å². The molecule has 6 nitrogen and oxygen atoms in total. The van der Waals surface area contributed by atoms with Crippen LogP contribution in [0.25, 0.3) is 22.7 Å². The molecule has 164 valence electrons. The van der Waals surface area contributed by atoms with Crippen LogP contribution < -0.4 is 11.0 Å². The third-order valence-corrected chi connectivity index (χ3v) is 5.68. The van der Waals surface area contributed by atoms with E-state index in [4.69, 9.17) is 0 Å². The van der Waals surface area contributed by atoms with Gasteiger partial charge in [-0.3, -0.25) is 14.2 Å². The Labute approximate surface area is 195 Å². The quantitative estimate of drug-likeness (QED) is 0.190. The molecule has 1 heterocycles. The summed E-state index contributed by atoms with van der Waals surface area (Å²) >= 11 is 1.19. The first-order valence-electron chi connectivity index (χ1n) is 10.4. The second kappa shape index (κ2) is 10.6. The minimum atomic E-state index is -0.286. The van der Waals surface area contributed by atoms with E-state index in [1.165, 1.54) is 16.3 Å². The maximum absolute atomic E-state index is 13.2. The van der Waals surface area contributed by atoms with Crippen molar-refractivity contribution >= 4 is 40.9 Å². The number of benzene rings is 3. The highest BCUT2D eigenvalue weighted by atomic mass is 32.2. The number of fused-ring (bicyclic) bond motifs is 1. The summed E-state index contributed by atoms with van der Waals surface area (Å²) in [6.45, 7) is 1.91. The molecule has 0 saturated heterocycles. The number of hydrogen-bond acceptors (Lipinski definition) is 5. The Bertz CT molecular complexity index is 1380. The minimum absolute atomic E-state index is 0.0659. The van der Waals surface area contributed by atoms with Gasteiger partial charge in [0.05, 0.1) is 28.6 Å². The van der Waals surface area contributed by atoms with Crippen LogP contribution in [0.5, 0.6) is 0 Å². The van der Waals surface area contributed by atoms with Crippen molar-refractivity contribution in [3.05, 3.63) is 106 Å². The van der Waals surface area contributed by atoms with Gasteiger partial charge in [-0.25, -0.2) is 10.4 Å². The number of hydrazone groups is 1. The minimum Gasteiger partial charge on any atom is -0.272 e. The number of rotatable bonds is 7. The van der Waals surface area contributed by atoms with Crippen molar-refractivity contribution in [1.82, 2.24) is 15.0 Å². The molecule has 3 aromatic carbocycles. The van der Waals surface area contributed by atoms with Crippen molar-refractivity contribution in [2.24, 2.45) is 5.10 Å². The van der Waals surface area contributed by atoms with Gasteiger partial charge in [0.2, 0.25) is 0 Å². The standard InChI is InChI=1S/C26H22N4O2S/c1-19(16-20-10-4-2-5-11-20)17-27-29-24(31)18-33-26-28-23-15-9-8-14-22(23)25(32)30(26)21-12-6-3-7-13-21/h2-17H,18H2,1H3,(H,29,31). The van der Waals surface area contributed by atoms with Crippen molar-refractivity contribution in [2.45, 2.75) is 12.1 Å². The van der Waals surface area contributed by atoms with Crippen LogP contribution in [0.15, 0.2) is 106 Å². The predicted molar refractivity (Wildman–Crippen MR) is 135 cm³/mol. The molecule has 33 heavy (non-hydrogen) atoms. The third kappa shape index (κ3) is 5.64. The first-order chi connectivity index (χ1) is 16.1. The Morgan fingerprint density at radius 1 is 1.00 bits per heavy atom. The van der Waals surface area contributed by atoms with Crippen molar-refractivity contribution in [1.29, 1.82) is 0 Å². The van der Waals surface area contributed by atoms with Crippen LogP contribution in [0.2, 0.25) is 0 Å². The van der Waals surface area contributed by atoms with Crippen LogP contribution in [-0.2, 0) is 4.79 Å². The molecule has 0 radical (unpaired) electrons. The van der Waals surface area contributed by atoms with Crippen LogP contribution in [0, 0.1) is 0 Å². The molecule has 1 N–H and O–H groups in total. The average molecular weight is 455 g/mol. The molecular weight excluding hydrogens is 432 g/mol. The summed E-state index contributed by atoms with van der Waals surface area (Å²) in [7, 11) is 0. The van der Waals surface area contributed by atoms with Crippen molar-refractivity contribution in [3.8, 4) is 5.69 Å². The predicted octanol–water partition coefficient (Wildman–Crippen LogP) is 4.68. The maximum atomic E-state index is 13.2. The number of nitrogens with one attached hydrogen (secondary N) is 1. The highest BCUT2D eigenvalue weighted by Gasteiger charge is 2.14. The highest BCUT2D eigenvalue weighted by Crippen LogP contribution is 2.21. The second-order valence-electron chi connectivity index (χ2n) is 7.27. The van der Waals surface area contributed by atoms with Crippen LogP contribution in [-0.4, -0.2) is 27.4 Å². The second-order valence-corrected chi connectivity index (χ2v) is 8.21. The van der Waals surface area contributed by atoms with Crippen molar-refractivity contribution < 1.29 is 4.79 Å². The summed E-state index contributed by atoms with van der Waals surface area (Å²) in [5.41, 5.74) is 5.62. The number of hydrogen-bond donors (Lipinski definition) is 1. The van der Waals surface area contributed by atoms with E-state index in [-0.39, 0.29) is 17.2 Å². The molecule has 1 amide bonds. The summed E-state index contributed by atoms with van der Waals surface area (Å²) in [4.78, 5) is 30.2. The van der Waals surface area contributed by atoms with E-state index < -0.39 is 0 Å². The molecule has 0 fully saturated rings. The lowest BCUT2D eigenvalue weighted by Crippen LogP contribution is -2.24. The summed E-state index contributed by atoms with van der Waals surface area (Å²) in [5.74, 6) is -0.220. The molecule has 1 aromatic heterocycles. The molecule has 0 aliphatic heterocycles. The topological polar surface area (TPSA) is 76.3 Å². The molecule has 4 rings (SSSR count). The van der Waals surface area contributed by atoms with Gasteiger partial charge >= 0.3 is 0 Å². The number of aromatic nitrogens is 2. The zero-order valence-corrected chi connectivity index (χ0v) is 18.8. The number of nitrogens with zero attached hydrogens (tertiary/aromatic N) is 3. The van der Waals surface area contributed by atoms with Gasteiger partial charge in [-0.1, -0.05) is 78.5 Å². The van der Waals surface area contributed by atoms with Crippen molar-refractivity contribution in [2.75, 3.05) is 5.75 Å². The number of thioether (sulfide) groups is 1. The van der Waals surface area contributed by atoms with Gasteiger partial charge in [-0.05, 0) is 42.3 Å². The molecule has 0 unspecified atom stereocenters. The smallest absolute Gasteiger partial charge is 0.266 e. The Kier molecular flexibility index (Phi) is 7.12. The Morgan fingerprint density at radius 3 is 2.42 bits per heavy atom. The van der Waals surface area contributed by atoms with Gasteiger partial charge in [0.15, 0.2) is 5.16 Å². The maximum Gasteiger partial charge on any atom is 0.266 e. The molecule has 0 spiro atoms. The lowest BCUT2D eigenvalue weighted by Gasteiger charge is -2.12. The van der Waals surface area contributed by atoms with Gasteiger partial charge in [-0.2, -0.15) is 5.10 Å². The van der Waals surface area contributed by atoms with Crippen molar-refractivity contribution in [3.63, 3.8) is 0 Å². The number of amides is 1. The molecule has 0 aliphatic rings. The van der Waals surface area contributed by atoms with Gasteiger partial charge in [0.1, 0.15) is 0 Å². The van der Waals surface area contributed by atoms with Gasteiger partial charge < -0.3 is 0 Å². The molecule has 0 bridgehead atoms. The normalized spacial score (nSPS) is 11.7. The first kappa shape index (κ1) is 22.2. The van der Waals surface area contributed by atoms with E-state index in [0.29, 0.717) is 21.7 Å². The average Bonchev–Trinajstić information content (AvgIpc) is 2.84. The summed E-state index contributed by atoms with van der Waals surface area (Å²) < 4.78 is 1.54. The Balaban J connectivity index is 1.49. The van der Waals surface area contributed by atoms with E-state index in [9.17, 15) is 9.59 Å². The molecule has 7 heteroatoms. The first-order valence-corrected chi connectivity index (χ1v) is 11.4. The summed E-state index contributed by atoms with van der Waals surface area (Å²) in [5, 5.41) is 5.01. The fourth-order valence-corrected chi connectivity index (χ4v) is 4.04. The Morgan fingerprint density at radius 2 is 1.67 bits per heavy atom. The van der Waals surface area contributed by atoms with Crippen LogP contribution in [0.4, 0.5) is 0 Å². The molecule has 0 saturated carbocycles. The van der Waals surface area contributed by atoms with E-state index in [2.05, 4.69) is 15.5 Å². The third-order valence-electron chi connectivity index (χ3n) is 4.74. The molecular formula is C26H22N4O2S. The van der Waals surface area contributed by atoms with Gasteiger partial charge in [0.25, 0.3) is 11.5 Å². The van der Waals surface area contributed by atoms with Gasteiger partial charge in [-0.15, -0.1) is 0 Å². The summed E-state index contributed by atoms with van der Waals surface area (Å²) in [6, 6.07) is 26.4. The van der Waals surface area contributed by atoms with E-state index in [1.807, 2.05) is 85.8 Å².